The molecule has 0 radical (unpaired) electrons. The first-order chi connectivity index (χ1) is 12.3. The number of hydrogen-bond acceptors (Lipinski definition) is 4. The van der Waals surface area contributed by atoms with E-state index in [2.05, 4.69) is 0 Å². The lowest BCUT2D eigenvalue weighted by Crippen LogP contribution is -2.46. The summed E-state index contributed by atoms with van der Waals surface area (Å²) in [5.41, 5.74) is 0.371. The van der Waals surface area contributed by atoms with Gasteiger partial charge in [0.25, 0.3) is 5.91 Å². The van der Waals surface area contributed by atoms with Crippen LogP contribution in [0, 0.1) is 10.6 Å². The molecule has 0 bridgehead atoms. The number of ether oxygens (including phenoxy) is 1. The lowest BCUT2D eigenvalue weighted by molar-refractivity contribution is -0.605. The fourth-order valence-corrected chi connectivity index (χ4v) is 3.10. The van der Waals surface area contributed by atoms with Crippen molar-refractivity contribution in [1.82, 2.24) is 4.90 Å². The molecule has 1 aromatic rings. The molecule has 0 saturated carbocycles. The van der Waals surface area contributed by atoms with Gasteiger partial charge in [0.15, 0.2) is 12.4 Å². The summed E-state index contributed by atoms with van der Waals surface area (Å²) in [5, 5.41) is 11.2. The number of aromatic nitrogens is 1. The summed E-state index contributed by atoms with van der Waals surface area (Å²) in [7, 11) is 0. The average molecular weight is 362 g/mol. The monoisotopic (exact) mass is 362 g/mol. The van der Waals surface area contributed by atoms with E-state index in [0.717, 1.165) is 36.0 Å². The van der Waals surface area contributed by atoms with Crippen LogP contribution in [0.1, 0.15) is 52.0 Å². The first-order valence-electron chi connectivity index (χ1n) is 9.46. The Morgan fingerprint density at radius 3 is 2.88 bits per heavy atom. The second kappa shape index (κ2) is 9.12. The highest BCUT2D eigenvalue weighted by atomic mass is 16.5. The molecule has 0 N–H and O–H groups in total. The summed E-state index contributed by atoms with van der Waals surface area (Å²) in [6.45, 7) is 7.24. The van der Waals surface area contributed by atoms with E-state index in [4.69, 9.17) is 4.74 Å². The SMILES string of the molecule is CCC(C)(C)C(=O)C(=O)N1CCCC1COCCCc1ccc[n+]([O-])c1. The quantitative estimate of drug-likeness (QED) is 0.292. The molecule has 2 heterocycles. The average Bonchev–Trinajstić information content (AvgIpc) is 3.08. The molecular formula is C20H30N2O4. The molecule has 1 fully saturated rings. The van der Waals surface area contributed by atoms with Crippen LogP contribution in [0.2, 0.25) is 0 Å². The molecule has 1 saturated heterocycles. The van der Waals surface area contributed by atoms with E-state index in [1.807, 2.05) is 26.8 Å². The zero-order valence-corrected chi connectivity index (χ0v) is 16.1. The first kappa shape index (κ1) is 20.4. The van der Waals surface area contributed by atoms with Crippen molar-refractivity contribution in [2.24, 2.45) is 5.41 Å². The number of Topliss-reactive ketones (excluding diaryl/α,β-unsaturated/α-hetero) is 1. The van der Waals surface area contributed by atoms with Gasteiger partial charge in [0.2, 0.25) is 5.78 Å². The van der Waals surface area contributed by atoms with Gasteiger partial charge in [0.05, 0.1) is 12.6 Å². The predicted molar refractivity (Wildman–Crippen MR) is 98.4 cm³/mol. The Morgan fingerprint density at radius 1 is 1.42 bits per heavy atom. The van der Waals surface area contributed by atoms with Crippen molar-refractivity contribution < 1.29 is 19.1 Å². The molecule has 1 unspecified atom stereocenters. The van der Waals surface area contributed by atoms with Crippen molar-refractivity contribution in [2.75, 3.05) is 19.8 Å². The largest absolute Gasteiger partial charge is 0.619 e. The Kier molecular flexibility index (Phi) is 7.14. The Morgan fingerprint density at radius 2 is 2.19 bits per heavy atom. The summed E-state index contributed by atoms with van der Waals surface area (Å²) in [5.74, 6) is -0.672. The smallest absolute Gasteiger partial charge is 0.290 e. The summed E-state index contributed by atoms with van der Waals surface area (Å²) >= 11 is 0. The Bertz CT molecular complexity index is 630. The molecule has 1 aromatic heterocycles. The van der Waals surface area contributed by atoms with E-state index in [1.165, 1.54) is 6.20 Å². The molecule has 2 rings (SSSR count). The zero-order chi connectivity index (χ0) is 19.2. The number of carbonyl (C=O) groups is 2. The zero-order valence-electron chi connectivity index (χ0n) is 16.1. The van der Waals surface area contributed by atoms with Crippen molar-refractivity contribution in [2.45, 2.75) is 58.9 Å². The number of rotatable bonds is 9. The molecule has 144 valence electrons. The van der Waals surface area contributed by atoms with E-state index >= 15 is 0 Å². The van der Waals surface area contributed by atoms with E-state index in [9.17, 15) is 14.8 Å². The second-order valence-corrected chi connectivity index (χ2v) is 7.61. The van der Waals surface area contributed by atoms with Gasteiger partial charge in [-0.25, -0.2) is 0 Å². The van der Waals surface area contributed by atoms with Gasteiger partial charge in [-0.2, -0.15) is 4.73 Å². The van der Waals surface area contributed by atoms with E-state index in [1.54, 1.807) is 17.2 Å². The molecule has 6 nitrogen and oxygen atoms in total. The predicted octanol–water partition coefficient (Wildman–Crippen LogP) is 2.27. The van der Waals surface area contributed by atoms with Gasteiger partial charge in [0, 0.05) is 30.2 Å². The van der Waals surface area contributed by atoms with Crippen LogP contribution < -0.4 is 4.73 Å². The first-order valence-corrected chi connectivity index (χ1v) is 9.46. The number of likely N-dealkylation sites (tertiary alicyclic amines) is 1. The summed E-state index contributed by atoms with van der Waals surface area (Å²) < 4.78 is 6.55. The molecule has 26 heavy (non-hydrogen) atoms. The maximum absolute atomic E-state index is 12.6. The molecule has 6 heteroatoms. The molecule has 1 aliphatic heterocycles. The van der Waals surface area contributed by atoms with Crippen molar-refractivity contribution in [3.8, 4) is 0 Å². The number of amides is 1. The van der Waals surface area contributed by atoms with Crippen LogP contribution in [-0.2, 0) is 20.7 Å². The Balaban J connectivity index is 1.76. The highest BCUT2D eigenvalue weighted by Gasteiger charge is 2.38. The third-order valence-corrected chi connectivity index (χ3v) is 5.23. The highest BCUT2D eigenvalue weighted by Crippen LogP contribution is 2.25. The minimum Gasteiger partial charge on any atom is -0.619 e. The summed E-state index contributed by atoms with van der Waals surface area (Å²) in [4.78, 5) is 26.7. The third kappa shape index (κ3) is 5.27. The minimum absolute atomic E-state index is 0.0142. The van der Waals surface area contributed by atoms with Gasteiger partial charge >= 0.3 is 0 Å². The van der Waals surface area contributed by atoms with Gasteiger partial charge in [-0.15, -0.1) is 0 Å². The lowest BCUT2D eigenvalue weighted by atomic mass is 9.84. The van der Waals surface area contributed by atoms with Gasteiger partial charge < -0.3 is 14.8 Å². The third-order valence-electron chi connectivity index (χ3n) is 5.23. The van der Waals surface area contributed by atoms with Gasteiger partial charge in [0.1, 0.15) is 0 Å². The number of ketones is 1. The fraction of sp³-hybridized carbons (Fsp3) is 0.650. The standard InChI is InChI=1S/C20H30N2O4/c1-4-20(2,3)18(23)19(24)22-12-6-10-17(22)15-26-13-7-9-16-8-5-11-21(25)14-16/h5,8,11,14,17H,4,6-7,9-10,12-13,15H2,1-3H3. The van der Waals surface area contributed by atoms with Crippen molar-refractivity contribution in [3.05, 3.63) is 35.3 Å². The van der Waals surface area contributed by atoms with Crippen LogP contribution in [0.3, 0.4) is 0 Å². The van der Waals surface area contributed by atoms with Crippen LogP contribution in [0.15, 0.2) is 24.5 Å². The second-order valence-electron chi connectivity index (χ2n) is 7.61. The van der Waals surface area contributed by atoms with Gasteiger partial charge in [-0.3, -0.25) is 9.59 Å². The Labute approximate surface area is 155 Å². The summed E-state index contributed by atoms with van der Waals surface area (Å²) in [6.07, 6.45) is 7.06. The van der Waals surface area contributed by atoms with Gasteiger partial charge in [-0.1, -0.05) is 20.8 Å². The fourth-order valence-electron chi connectivity index (χ4n) is 3.10. The lowest BCUT2D eigenvalue weighted by Gasteiger charge is -2.28. The molecule has 0 aliphatic carbocycles. The normalized spacial score (nSPS) is 17.5. The molecule has 0 aromatic carbocycles. The minimum atomic E-state index is -0.612. The summed E-state index contributed by atoms with van der Waals surface area (Å²) in [6, 6.07) is 3.65. The number of hydrogen-bond donors (Lipinski definition) is 0. The van der Waals surface area contributed by atoms with Crippen LogP contribution in [-0.4, -0.2) is 42.4 Å². The maximum atomic E-state index is 12.6. The molecule has 1 atom stereocenters. The van der Waals surface area contributed by atoms with Crippen LogP contribution in [0.4, 0.5) is 0 Å². The van der Waals surface area contributed by atoms with E-state index < -0.39 is 5.41 Å². The molecule has 1 aliphatic rings. The molecular weight excluding hydrogens is 332 g/mol. The number of pyridine rings is 1. The highest BCUT2D eigenvalue weighted by molar-refractivity contribution is 6.38. The van der Waals surface area contributed by atoms with Gasteiger partial charge in [-0.05, 0) is 38.2 Å². The van der Waals surface area contributed by atoms with Crippen LogP contribution in [0.5, 0.6) is 0 Å². The van der Waals surface area contributed by atoms with E-state index in [0.29, 0.717) is 26.2 Å². The topological polar surface area (TPSA) is 73.5 Å². The van der Waals surface area contributed by atoms with Crippen LogP contribution >= 0.6 is 0 Å². The van der Waals surface area contributed by atoms with Crippen molar-refractivity contribution in [1.29, 1.82) is 0 Å². The molecule has 0 spiro atoms. The number of aryl methyl sites for hydroxylation is 1. The van der Waals surface area contributed by atoms with E-state index in [-0.39, 0.29) is 17.7 Å². The Hall–Kier alpha value is -1.95. The number of carbonyl (C=O) groups excluding carboxylic acids is 2. The molecule has 1 amide bonds. The van der Waals surface area contributed by atoms with Crippen molar-refractivity contribution >= 4 is 11.7 Å². The maximum Gasteiger partial charge on any atom is 0.290 e. The van der Waals surface area contributed by atoms with Crippen molar-refractivity contribution in [3.63, 3.8) is 0 Å². The van der Waals surface area contributed by atoms with Crippen LogP contribution in [0.25, 0.3) is 0 Å². The number of nitrogens with zero attached hydrogens (tertiary/aromatic N) is 2.